The molecular weight excluding hydrogens is 349 g/mol. The van der Waals surface area contributed by atoms with Gasteiger partial charge >= 0.3 is 0 Å². The molecule has 2 N–H and O–H groups in total. The zero-order valence-electron chi connectivity index (χ0n) is 14.9. The number of piperazine rings is 1. The van der Waals surface area contributed by atoms with E-state index in [0.717, 1.165) is 17.8 Å². The topological polar surface area (TPSA) is 76.6 Å². The first-order valence-electron chi connectivity index (χ1n) is 9.02. The van der Waals surface area contributed by atoms with Crippen molar-refractivity contribution in [1.82, 2.24) is 14.7 Å². The van der Waals surface area contributed by atoms with Crippen molar-refractivity contribution in [3.8, 4) is 0 Å². The standard InChI is InChI=1S/C19H22FN5O2/c20-14-3-5-15(6-4-14)23-7-9-24(10-8-23)19(26)13-25-18(21)12-16(22-25)17-2-1-11-27-17/h1,3-6,11-12,17H,2,7-10,13,21H2. The monoisotopic (exact) mass is 371 g/mol. The van der Waals surface area contributed by atoms with Gasteiger partial charge in [-0.25, -0.2) is 9.07 Å². The third kappa shape index (κ3) is 3.74. The summed E-state index contributed by atoms with van der Waals surface area (Å²) in [5.41, 5.74) is 7.72. The van der Waals surface area contributed by atoms with E-state index in [1.165, 1.54) is 16.8 Å². The van der Waals surface area contributed by atoms with Crippen molar-refractivity contribution in [2.75, 3.05) is 36.8 Å². The lowest BCUT2D eigenvalue weighted by Crippen LogP contribution is -2.49. The normalized spacial score (nSPS) is 19.4. The second kappa shape index (κ2) is 7.30. The van der Waals surface area contributed by atoms with E-state index in [4.69, 9.17) is 10.5 Å². The summed E-state index contributed by atoms with van der Waals surface area (Å²) in [5, 5.41) is 4.43. The molecule has 27 heavy (non-hydrogen) atoms. The molecule has 1 aromatic heterocycles. The number of benzene rings is 1. The minimum absolute atomic E-state index is 0.0134. The van der Waals surface area contributed by atoms with Crippen molar-refractivity contribution < 1.29 is 13.9 Å². The second-order valence-corrected chi connectivity index (χ2v) is 6.73. The molecule has 142 valence electrons. The van der Waals surface area contributed by atoms with Crippen LogP contribution in [0.2, 0.25) is 0 Å². The lowest BCUT2D eigenvalue weighted by atomic mass is 10.2. The number of carbonyl (C=O) groups excluding carboxylic acids is 1. The molecule has 2 aliphatic heterocycles. The van der Waals surface area contributed by atoms with Gasteiger partial charge in [0.25, 0.3) is 0 Å². The van der Waals surface area contributed by atoms with Crippen LogP contribution in [-0.4, -0.2) is 46.8 Å². The van der Waals surface area contributed by atoms with Gasteiger partial charge in [0.15, 0.2) is 0 Å². The number of nitrogen functional groups attached to an aromatic ring is 1. The van der Waals surface area contributed by atoms with E-state index in [9.17, 15) is 9.18 Å². The maximum atomic E-state index is 13.1. The zero-order valence-corrected chi connectivity index (χ0v) is 14.9. The highest BCUT2D eigenvalue weighted by Crippen LogP contribution is 2.26. The molecule has 3 heterocycles. The number of ether oxygens (including phenoxy) is 1. The smallest absolute Gasteiger partial charge is 0.244 e. The van der Waals surface area contributed by atoms with Crippen molar-refractivity contribution in [3.05, 3.63) is 54.2 Å². The van der Waals surface area contributed by atoms with Crippen molar-refractivity contribution >= 4 is 17.4 Å². The predicted molar refractivity (Wildman–Crippen MR) is 99.4 cm³/mol. The fourth-order valence-corrected chi connectivity index (χ4v) is 3.41. The molecule has 8 heteroatoms. The lowest BCUT2D eigenvalue weighted by molar-refractivity contribution is -0.132. The molecule has 1 atom stereocenters. The average Bonchev–Trinajstić information content (AvgIpc) is 3.33. The summed E-state index contributed by atoms with van der Waals surface area (Å²) in [4.78, 5) is 16.6. The molecule has 1 unspecified atom stereocenters. The van der Waals surface area contributed by atoms with Gasteiger partial charge < -0.3 is 20.3 Å². The van der Waals surface area contributed by atoms with Gasteiger partial charge in [0.2, 0.25) is 5.91 Å². The summed E-state index contributed by atoms with van der Waals surface area (Å²) >= 11 is 0. The number of nitrogens with two attached hydrogens (primary N) is 1. The van der Waals surface area contributed by atoms with E-state index >= 15 is 0 Å². The number of halogens is 1. The highest BCUT2D eigenvalue weighted by atomic mass is 19.1. The Balaban J connectivity index is 1.34. The predicted octanol–water partition coefficient (Wildman–Crippen LogP) is 1.93. The maximum absolute atomic E-state index is 13.1. The van der Waals surface area contributed by atoms with Gasteiger partial charge in [0.05, 0.1) is 6.26 Å². The van der Waals surface area contributed by atoms with Crippen molar-refractivity contribution in [1.29, 1.82) is 0 Å². The Labute approximate surface area is 156 Å². The van der Waals surface area contributed by atoms with Crippen molar-refractivity contribution in [2.45, 2.75) is 19.1 Å². The van der Waals surface area contributed by atoms with Gasteiger partial charge in [-0.05, 0) is 30.3 Å². The number of nitrogens with zero attached hydrogens (tertiary/aromatic N) is 4. The largest absolute Gasteiger partial charge is 0.492 e. The number of hydrogen-bond donors (Lipinski definition) is 1. The molecule has 0 saturated carbocycles. The summed E-state index contributed by atoms with van der Waals surface area (Å²) in [6.07, 6.45) is 4.23. The molecule has 0 radical (unpaired) electrons. The number of hydrogen-bond acceptors (Lipinski definition) is 5. The van der Waals surface area contributed by atoms with Gasteiger partial charge in [-0.1, -0.05) is 0 Å². The van der Waals surface area contributed by atoms with Gasteiger partial charge in [-0.2, -0.15) is 5.10 Å². The number of rotatable bonds is 4. The van der Waals surface area contributed by atoms with Crippen LogP contribution in [0.25, 0.3) is 0 Å². The molecule has 1 aromatic carbocycles. The Hall–Kier alpha value is -3.03. The minimum Gasteiger partial charge on any atom is -0.492 e. The van der Waals surface area contributed by atoms with E-state index in [0.29, 0.717) is 32.0 Å². The fraction of sp³-hybridized carbons (Fsp3) is 0.368. The Bertz CT molecular complexity index is 832. The molecule has 1 fully saturated rings. The molecule has 7 nitrogen and oxygen atoms in total. The summed E-state index contributed by atoms with van der Waals surface area (Å²) in [6.45, 7) is 2.75. The SMILES string of the molecule is Nc1cc(C2CC=CO2)nn1CC(=O)N1CCN(c2ccc(F)cc2)CC1. The summed E-state index contributed by atoms with van der Waals surface area (Å²) in [7, 11) is 0. The molecule has 4 rings (SSSR count). The highest BCUT2D eigenvalue weighted by molar-refractivity contribution is 5.76. The average molecular weight is 371 g/mol. The van der Waals surface area contributed by atoms with E-state index in [-0.39, 0.29) is 24.4 Å². The van der Waals surface area contributed by atoms with Crippen LogP contribution in [0, 0.1) is 5.82 Å². The van der Waals surface area contributed by atoms with Crippen LogP contribution in [0.4, 0.5) is 15.9 Å². The van der Waals surface area contributed by atoms with Crippen molar-refractivity contribution in [2.24, 2.45) is 0 Å². The number of carbonyl (C=O) groups is 1. The Morgan fingerprint density at radius 3 is 2.63 bits per heavy atom. The Morgan fingerprint density at radius 2 is 1.96 bits per heavy atom. The van der Waals surface area contributed by atoms with Crippen LogP contribution < -0.4 is 10.6 Å². The third-order valence-electron chi connectivity index (χ3n) is 4.96. The quantitative estimate of drug-likeness (QED) is 0.889. The van der Waals surface area contributed by atoms with Crippen molar-refractivity contribution in [3.63, 3.8) is 0 Å². The van der Waals surface area contributed by atoms with E-state index in [2.05, 4.69) is 10.00 Å². The molecule has 2 aromatic rings. The van der Waals surface area contributed by atoms with Gasteiger partial charge in [-0.15, -0.1) is 0 Å². The van der Waals surface area contributed by atoms with Gasteiger partial charge in [-0.3, -0.25) is 4.79 Å². The molecular formula is C19H22FN5O2. The third-order valence-corrected chi connectivity index (χ3v) is 4.96. The summed E-state index contributed by atoms with van der Waals surface area (Å²) < 4.78 is 20.0. The highest BCUT2D eigenvalue weighted by Gasteiger charge is 2.24. The lowest BCUT2D eigenvalue weighted by Gasteiger charge is -2.36. The van der Waals surface area contributed by atoms with Crippen LogP contribution in [0.3, 0.4) is 0 Å². The maximum Gasteiger partial charge on any atom is 0.244 e. The van der Waals surface area contributed by atoms with Crippen LogP contribution in [0.15, 0.2) is 42.7 Å². The zero-order chi connectivity index (χ0) is 18.8. The number of amides is 1. The first kappa shape index (κ1) is 17.4. The first-order chi connectivity index (χ1) is 13.1. The van der Waals surface area contributed by atoms with Crippen LogP contribution in [0.5, 0.6) is 0 Å². The Morgan fingerprint density at radius 1 is 1.22 bits per heavy atom. The molecule has 1 amide bonds. The number of aromatic nitrogens is 2. The van der Waals surface area contributed by atoms with Gasteiger partial charge in [0.1, 0.15) is 30.0 Å². The van der Waals surface area contributed by atoms with E-state index < -0.39 is 0 Å². The molecule has 0 bridgehead atoms. The number of anilines is 2. The molecule has 1 saturated heterocycles. The minimum atomic E-state index is -0.248. The summed E-state index contributed by atoms with van der Waals surface area (Å²) in [6, 6.07) is 8.19. The summed E-state index contributed by atoms with van der Waals surface area (Å²) in [5.74, 6) is 0.196. The van der Waals surface area contributed by atoms with E-state index in [1.807, 2.05) is 11.0 Å². The molecule has 0 spiro atoms. The second-order valence-electron chi connectivity index (χ2n) is 6.73. The Kier molecular flexibility index (Phi) is 4.70. The van der Waals surface area contributed by atoms with Crippen LogP contribution in [0.1, 0.15) is 18.2 Å². The molecule has 2 aliphatic rings. The van der Waals surface area contributed by atoms with Crippen LogP contribution in [-0.2, 0) is 16.1 Å². The first-order valence-corrected chi connectivity index (χ1v) is 9.02. The van der Waals surface area contributed by atoms with E-state index in [1.54, 1.807) is 24.5 Å². The fourth-order valence-electron chi connectivity index (χ4n) is 3.41. The molecule has 0 aliphatic carbocycles. The van der Waals surface area contributed by atoms with Gasteiger partial charge in [0, 0.05) is 44.4 Å². The van der Waals surface area contributed by atoms with Crippen LogP contribution >= 0.6 is 0 Å².